The van der Waals surface area contributed by atoms with E-state index in [1.807, 2.05) is 36.4 Å². The van der Waals surface area contributed by atoms with Gasteiger partial charge in [0.2, 0.25) is 0 Å². The molecule has 0 spiro atoms. The van der Waals surface area contributed by atoms with Crippen molar-refractivity contribution in [3.63, 3.8) is 0 Å². The maximum Gasteiger partial charge on any atom is 0.251 e. The second kappa shape index (κ2) is 12.0. The molecule has 2 fully saturated rings. The summed E-state index contributed by atoms with van der Waals surface area (Å²) in [6, 6.07) is 17.3. The zero-order valence-corrected chi connectivity index (χ0v) is 23.2. The largest absolute Gasteiger partial charge is 0.496 e. The van der Waals surface area contributed by atoms with Crippen LogP contribution in [-0.4, -0.2) is 43.4 Å². The number of nitrogens with zero attached hydrogens (tertiary/aromatic N) is 2. The molecule has 8 heteroatoms. The van der Waals surface area contributed by atoms with E-state index in [2.05, 4.69) is 16.4 Å². The Morgan fingerprint density at radius 3 is 2.59 bits per heavy atom. The van der Waals surface area contributed by atoms with Gasteiger partial charge in [0, 0.05) is 42.3 Å². The van der Waals surface area contributed by atoms with E-state index in [9.17, 15) is 10.1 Å². The first-order valence-electron chi connectivity index (χ1n) is 14.3. The van der Waals surface area contributed by atoms with Crippen molar-refractivity contribution in [1.29, 1.82) is 5.26 Å². The first-order valence-corrected chi connectivity index (χ1v) is 14.3. The Morgan fingerprint density at radius 2 is 1.80 bits per heavy atom. The van der Waals surface area contributed by atoms with Gasteiger partial charge >= 0.3 is 0 Å². The van der Waals surface area contributed by atoms with Crippen LogP contribution in [0.2, 0.25) is 0 Å². The summed E-state index contributed by atoms with van der Waals surface area (Å²) in [5.74, 6) is 1.61. The lowest BCUT2D eigenvalue weighted by atomic mass is 9.95. The summed E-state index contributed by atoms with van der Waals surface area (Å²) in [5, 5.41) is 13.0. The van der Waals surface area contributed by atoms with Crippen LogP contribution < -0.4 is 14.8 Å². The standard InChI is InChI=1S/C33H33N3O5/c1-38-30-18-22(33(37)36-24-5-3-2-4-6-24)7-9-27(30)31-19-28-32(41-31)26(11-14-35-28)21-8-10-29(23(17-21)20-34)40-25-12-15-39-16-13-25/h7-11,14,17-19,24-25H,2-6,12-13,15-16H2,1H3,(H,36,37). The third kappa shape index (κ3) is 5.77. The first-order chi connectivity index (χ1) is 20.1. The Bertz CT molecular complexity index is 1590. The Balaban J connectivity index is 1.28. The van der Waals surface area contributed by atoms with Crippen molar-refractivity contribution in [2.45, 2.75) is 57.1 Å². The van der Waals surface area contributed by atoms with Crippen molar-refractivity contribution in [2.24, 2.45) is 0 Å². The van der Waals surface area contributed by atoms with Crippen LogP contribution in [0.15, 0.2) is 59.1 Å². The summed E-state index contributed by atoms with van der Waals surface area (Å²) in [4.78, 5) is 17.4. The lowest BCUT2D eigenvalue weighted by Gasteiger charge is -2.23. The van der Waals surface area contributed by atoms with E-state index in [1.54, 1.807) is 25.4 Å². The van der Waals surface area contributed by atoms with E-state index >= 15 is 0 Å². The highest BCUT2D eigenvalue weighted by molar-refractivity contribution is 5.97. The lowest BCUT2D eigenvalue weighted by molar-refractivity contribution is 0.0254. The van der Waals surface area contributed by atoms with Crippen LogP contribution in [0.4, 0.5) is 0 Å². The minimum absolute atomic E-state index is 0.0432. The molecule has 2 aliphatic rings. The van der Waals surface area contributed by atoms with Gasteiger partial charge in [-0.2, -0.15) is 5.26 Å². The monoisotopic (exact) mass is 551 g/mol. The molecule has 6 rings (SSSR count). The topological polar surface area (TPSA) is 107 Å². The second-order valence-corrected chi connectivity index (χ2v) is 10.7. The number of benzene rings is 2. The van der Waals surface area contributed by atoms with E-state index in [0.29, 0.717) is 52.7 Å². The van der Waals surface area contributed by atoms with E-state index in [0.717, 1.165) is 55.2 Å². The van der Waals surface area contributed by atoms with Gasteiger partial charge in [-0.25, -0.2) is 0 Å². The zero-order chi connectivity index (χ0) is 28.2. The van der Waals surface area contributed by atoms with Gasteiger partial charge in [-0.3, -0.25) is 9.78 Å². The van der Waals surface area contributed by atoms with Gasteiger partial charge in [0.05, 0.1) is 31.5 Å². The number of hydrogen-bond donors (Lipinski definition) is 1. The number of pyridine rings is 1. The number of carbonyl (C=O) groups excluding carboxylic acids is 1. The van der Waals surface area contributed by atoms with Crippen LogP contribution >= 0.6 is 0 Å². The van der Waals surface area contributed by atoms with Crippen LogP contribution in [-0.2, 0) is 4.74 Å². The van der Waals surface area contributed by atoms with E-state index in [1.165, 1.54) is 6.42 Å². The molecule has 1 N–H and O–H groups in total. The van der Waals surface area contributed by atoms with Crippen molar-refractivity contribution in [3.05, 3.63) is 65.9 Å². The molecule has 1 aliphatic heterocycles. The molecular formula is C33H33N3O5. The molecule has 41 heavy (non-hydrogen) atoms. The van der Waals surface area contributed by atoms with E-state index in [-0.39, 0.29) is 18.1 Å². The predicted octanol–water partition coefficient (Wildman–Crippen LogP) is 6.66. The number of nitriles is 1. The molecule has 1 saturated carbocycles. The van der Waals surface area contributed by atoms with Crippen molar-refractivity contribution in [2.75, 3.05) is 20.3 Å². The van der Waals surface area contributed by atoms with Crippen LogP contribution in [0.1, 0.15) is 60.9 Å². The van der Waals surface area contributed by atoms with E-state index < -0.39 is 0 Å². The smallest absolute Gasteiger partial charge is 0.251 e. The fourth-order valence-electron chi connectivity index (χ4n) is 5.71. The molecule has 1 aliphatic carbocycles. The molecule has 210 valence electrons. The molecule has 2 aromatic carbocycles. The van der Waals surface area contributed by atoms with E-state index in [4.69, 9.17) is 18.6 Å². The van der Waals surface area contributed by atoms with Gasteiger partial charge in [0.1, 0.15) is 34.9 Å². The molecule has 4 aromatic rings. The second-order valence-electron chi connectivity index (χ2n) is 10.7. The molecular weight excluding hydrogens is 518 g/mol. The number of ether oxygens (including phenoxy) is 3. The first kappa shape index (κ1) is 26.9. The quantitative estimate of drug-likeness (QED) is 0.274. The molecule has 1 amide bonds. The summed E-state index contributed by atoms with van der Waals surface area (Å²) < 4.78 is 23.6. The maximum absolute atomic E-state index is 12.9. The Labute approximate surface area is 239 Å². The summed E-state index contributed by atoms with van der Waals surface area (Å²) in [6.07, 6.45) is 8.98. The molecule has 8 nitrogen and oxygen atoms in total. The zero-order valence-electron chi connectivity index (χ0n) is 23.2. The van der Waals surface area contributed by atoms with Crippen molar-refractivity contribution in [1.82, 2.24) is 10.3 Å². The summed E-state index contributed by atoms with van der Waals surface area (Å²) in [6.45, 7) is 1.34. The summed E-state index contributed by atoms with van der Waals surface area (Å²) in [7, 11) is 1.58. The minimum Gasteiger partial charge on any atom is -0.496 e. The highest BCUT2D eigenvalue weighted by Crippen LogP contribution is 2.38. The maximum atomic E-state index is 12.9. The van der Waals surface area contributed by atoms with Gasteiger partial charge in [0.15, 0.2) is 5.58 Å². The number of rotatable bonds is 7. The minimum atomic E-state index is -0.0900. The number of methoxy groups -OCH3 is 1. The normalized spacial score (nSPS) is 16.3. The molecule has 0 unspecified atom stereocenters. The van der Waals surface area contributed by atoms with Crippen molar-refractivity contribution in [3.8, 4) is 40.0 Å². The van der Waals surface area contributed by atoms with Gasteiger partial charge < -0.3 is 23.9 Å². The molecule has 2 aromatic heterocycles. The Kier molecular flexibility index (Phi) is 7.88. The third-order valence-corrected chi connectivity index (χ3v) is 7.95. The lowest BCUT2D eigenvalue weighted by Crippen LogP contribution is -2.36. The van der Waals surface area contributed by atoms with Gasteiger partial charge in [0.25, 0.3) is 5.91 Å². The van der Waals surface area contributed by atoms with Crippen molar-refractivity contribution >= 4 is 17.0 Å². The number of fused-ring (bicyclic) bond motifs is 1. The van der Waals surface area contributed by atoms with Crippen LogP contribution in [0.25, 0.3) is 33.6 Å². The highest BCUT2D eigenvalue weighted by Gasteiger charge is 2.21. The molecule has 0 bridgehead atoms. The fraction of sp³-hybridized carbons (Fsp3) is 0.364. The van der Waals surface area contributed by atoms with Gasteiger partial charge in [-0.1, -0.05) is 25.3 Å². The van der Waals surface area contributed by atoms with Crippen LogP contribution in [0, 0.1) is 11.3 Å². The molecule has 0 atom stereocenters. The molecule has 1 saturated heterocycles. The molecule has 3 heterocycles. The van der Waals surface area contributed by atoms with Gasteiger partial charge in [-0.15, -0.1) is 0 Å². The average Bonchev–Trinajstić information content (AvgIpc) is 3.46. The van der Waals surface area contributed by atoms with Crippen LogP contribution in [0.5, 0.6) is 11.5 Å². The van der Waals surface area contributed by atoms with Gasteiger partial charge in [-0.05, 0) is 54.8 Å². The fourth-order valence-corrected chi connectivity index (χ4v) is 5.71. The summed E-state index contributed by atoms with van der Waals surface area (Å²) >= 11 is 0. The van der Waals surface area contributed by atoms with Crippen molar-refractivity contribution < 1.29 is 23.4 Å². The average molecular weight is 552 g/mol. The third-order valence-electron chi connectivity index (χ3n) is 7.95. The van der Waals surface area contributed by atoms with Crippen LogP contribution in [0.3, 0.4) is 0 Å². The molecule has 0 radical (unpaired) electrons. The Morgan fingerprint density at radius 1 is 0.976 bits per heavy atom. The number of hydrogen-bond acceptors (Lipinski definition) is 7. The number of amides is 1. The number of carbonyl (C=O) groups is 1. The SMILES string of the molecule is COc1cc(C(=O)NC2CCCCC2)ccc1-c1cc2nccc(-c3ccc(OC4CCOCC4)c(C#N)c3)c2o1. The highest BCUT2D eigenvalue weighted by atomic mass is 16.5. The summed E-state index contributed by atoms with van der Waals surface area (Å²) in [5.41, 5.74) is 4.68. The Hall–Kier alpha value is -4.35. The number of aromatic nitrogens is 1. The number of furan rings is 1. The predicted molar refractivity (Wildman–Crippen MR) is 155 cm³/mol. The number of nitrogens with one attached hydrogen (secondary N) is 1.